The second kappa shape index (κ2) is 4.61. The predicted molar refractivity (Wildman–Crippen MR) is 66.4 cm³/mol. The van der Waals surface area contributed by atoms with Gasteiger partial charge in [0.2, 0.25) is 0 Å². The first-order valence-corrected chi connectivity index (χ1v) is 5.74. The van der Waals surface area contributed by atoms with E-state index in [2.05, 4.69) is 6.58 Å². The van der Waals surface area contributed by atoms with Crippen molar-refractivity contribution in [2.24, 2.45) is 0 Å². The number of benzene rings is 1. The highest BCUT2D eigenvalue weighted by molar-refractivity contribution is 5.48. The molecule has 3 nitrogen and oxygen atoms in total. The van der Waals surface area contributed by atoms with Crippen LogP contribution in [0.1, 0.15) is 31.1 Å². The molecule has 1 aromatic carbocycles. The van der Waals surface area contributed by atoms with Crippen LogP contribution in [-0.4, -0.2) is 23.6 Å². The van der Waals surface area contributed by atoms with Crippen LogP contribution in [0.5, 0.6) is 0 Å². The van der Waals surface area contributed by atoms with Gasteiger partial charge in [-0.2, -0.15) is 0 Å². The standard InChI is InChI=1S/C14H18O3/c1-4-10-6-5-7-11(8-10)13(15)12-9-16-14(2,3)17-12/h4-8,12-13,15H,1,9H2,2-3H3/t12-,13?/m1/s1. The fraction of sp³-hybridized carbons (Fsp3) is 0.429. The Labute approximate surface area is 102 Å². The molecule has 1 N–H and O–H groups in total. The highest BCUT2D eigenvalue weighted by Gasteiger charge is 2.37. The number of rotatable bonds is 3. The van der Waals surface area contributed by atoms with Gasteiger partial charge >= 0.3 is 0 Å². The molecule has 2 atom stereocenters. The Balaban J connectivity index is 2.14. The molecule has 0 amide bonds. The normalized spacial score (nSPS) is 24.5. The lowest BCUT2D eigenvalue weighted by molar-refractivity contribution is -0.151. The number of hydrogen-bond donors (Lipinski definition) is 1. The lowest BCUT2D eigenvalue weighted by Crippen LogP contribution is -2.25. The van der Waals surface area contributed by atoms with Gasteiger partial charge in [0.15, 0.2) is 5.79 Å². The molecule has 2 rings (SSSR count). The summed E-state index contributed by atoms with van der Waals surface area (Å²) in [5.74, 6) is -0.609. The first kappa shape index (κ1) is 12.3. The molecule has 17 heavy (non-hydrogen) atoms. The average molecular weight is 234 g/mol. The fourth-order valence-corrected chi connectivity index (χ4v) is 1.96. The summed E-state index contributed by atoms with van der Waals surface area (Å²) in [4.78, 5) is 0. The summed E-state index contributed by atoms with van der Waals surface area (Å²) in [5, 5.41) is 10.2. The van der Waals surface area contributed by atoms with Gasteiger partial charge in [0.1, 0.15) is 12.2 Å². The Morgan fingerprint density at radius 3 is 2.88 bits per heavy atom. The summed E-state index contributed by atoms with van der Waals surface area (Å²) in [6.07, 6.45) is 0.772. The number of hydrogen-bond acceptors (Lipinski definition) is 3. The summed E-state index contributed by atoms with van der Waals surface area (Å²) < 4.78 is 11.1. The molecule has 0 aliphatic carbocycles. The lowest BCUT2D eigenvalue weighted by atomic mass is 10.0. The number of aliphatic hydroxyl groups excluding tert-OH is 1. The van der Waals surface area contributed by atoms with E-state index in [1.807, 2.05) is 38.1 Å². The van der Waals surface area contributed by atoms with Gasteiger partial charge in [0.05, 0.1) is 6.61 Å². The molecule has 1 aliphatic heterocycles. The van der Waals surface area contributed by atoms with E-state index in [1.54, 1.807) is 6.08 Å². The predicted octanol–water partition coefficient (Wildman–Crippen LogP) is 2.51. The van der Waals surface area contributed by atoms with E-state index >= 15 is 0 Å². The monoisotopic (exact) mass is 234 g/mol. The smallest absolute Gasteiger partial charge is 0.163 e. The molecule has 1 fully saturated rings. The minimum Gasteiger partial charge on any atom is -0.386 e. The van der Waals surface area contributed by atoms with E-state index in [9.17, 15) is 5.11 Å². The third kappa shape index (κ3) is 2.75. The SMILES string of the molecule is C=Cc1cccc(C(O)[C@H]2COC(C)(C)O2)c1. The molecule has 0 radical (unpaired) electrons. The van der Waals surface area contributed by atoms with Gasteiger partial charge in [0.25, 0.3) is 0 Å². The maximum Gasteiger partial charge on any atom is 0.163 e. The quantitative estimate of drug-likeness (QED) is 0.873. The highest BCUT2D eigenvalue weighted by atomic mass is 16.7. The maximum absolute atomic E-state index is 10.2. The first-order chi connectivity index (χ1) is 8.02. The second-order valence-electron chi connectivity index (χ2n) is 4.69. The first-order valence-electron chi connectivity index (χ1n) is 5.74. The molecule has 3 heteroatoms. The van der Waals surface area contributed by atoms with Gasteiger partial charge in [-0.3, -0.25) is 0 Å². The fourth-order valence-electron chi connectivity index (χ4n) is 1.96. The van der Waals surface area contributed by atoms with E-state index in [0.717, 1.165) is 11.1 Å². The Hall–Kier alpha value is -1.16. The zero-order valence-electron chi connectivity index (χ0n) is 10.2. The van der Waals surface area contributed by atoms with Crippen LogP contribution in [0.2, 0.25) is 0 Å². The van der Waals surface area contributed by atoms with Crippen LogP contribution in [0.3, 0.4) is 0 Å². The molecule has 0 saturated carbocycles. The van der Waals surface area contributed by atoms with E-state index < -0.39 is 11.9 Å². The van der Waals surface area contributed by atoms with Crippen LogP contribution in [0.15, 0.2) is 30.8 Å². The molecule has 1 aliphatic rings. The Kier molecular flexibility index (Phi) is 3.33. The van der Waals surface area contributed by atoms with Crippen molar-refractivity contribution >= 4 is 6.08 Å². The summed E-state index contributed by atoms with van der Waals surface area (Å²) in [7, 11) is 0. The van der Waals surface area contributed by atoms with Gasteiger partial charge in [-0.05, 0) is 31.0 Å². The lowest BCUT2D eigenvalue weighted by Gasteiger charge is -2.20. The van der Waals surface area contributed by atoms with Crippen molar-refractivity contribution in [1.82, 2.24) is 0 Å². The minimum absolute atomic E-state index is 0.315. The van der Waals surface area contributed by atoms with Crippen LogP contribution in [0, 0.1) is 0 Å². The second-order valence-corrected chi connectivity index (χ2v) is 4.69. The van der Waals surface area contributed by atoms with Crippen molar-refractivity contribution in [2.75, 3.05) is 6.61 Å². The van der Waals surface area contributed by atoms with Crippen molar-refractivity contribution in [2.45, 2.75) is 31.8 Å². The molecule has 92 valence electrons. The van der Waals surface area contributed by atoms with Crippen LogP contribution in [-0.2, 0) is 9.47 Å². The third-order valence-electron chi connectivity index (χ3n) is 2.87. The zero-order chi connectivity index (χ0) is 12.5. The van der Waals surface area contributed by atoms with E-state index in [1.165, 1.54) is 0 Å². The zero-order valence-corrected chi connectivity index (χ0v) is 10.2. The number of aliphatic hydroxyl groups is 1. The summed E-state index contributed by atoms with van der Waals surface area (Å²) in [6, 6.07) is 7.63. The molecule has 1 saturated heterocycles. The Morgan fingerprint density at radius 2 is 2.29 bits per heavy atom. The van der Waals surface area contributed by atoms with Crippen LogP contribution >= 0.6 is 0 Å². The molecular weight excluding hydrogens is 216 g/mol. The van der Waals surface area contributed by atoms with Crippen molar-refractivity contribution in [3.05, 3.63) is 42.0 Å². The molecular formula is C14H18O3. The van der Waals surface area contributed by atoms with E-state index in [4.69, 9.17) is 9.47 Å². The molecule has 0 spiro atoms. The summed E-state index contributed by atoms with van der Waals surface area (Å²) in [6.45, 7) is 7.82. The van der Waals surface area contributed by atoms with Gasteiger partial charge < -0.3 is 14.6 Å². The molecule has 1 unspecified atom stereocenters. The highest BCUT2D eigenvalue weighted by Crippen LogP contribution is 2.30. The van der Waals surface area contributed by atoms with Crippen molar-refractivity contribution in [1.29, 1.82) is 0 Å². The van der Waals surface area contributed by atoms with Gasteiger partial charge in [0, 0.05) is 0 Å². The van der Waals surface area contributed by atoms with Crippen LogP contribution in [0.4, 0.5) is 0 Å². The third-order valence-corrected chi connectivity index (χ3v) is 2.87. The minimum atomic E-state index is -0.670. The molecule has 1 aromatic rings. The van der Waals surface area contributed by atoms with Gasteiger partial charge in [-0.1, -0.05) is 30.9 Å². The largest absolute Gasteiger partial charge is 0.386 e. The van der Waals surface area contributed by atoms with Crippen molar-refractivity contribution in [3.8, 4) is 0 Å². The van der Waals surface area contributed by atoms with Crippen molar-refractivity contribution in [3.63, 3.8) is 0 Å². The molecule has 0 aromatic heterocycles. The topological polar surface area (TPSA) is 38.7 Å². The van der Waals surface area contributed by atoms with E-state index in [-0.39, 0.29) is 6.10 Å². The Morgan fingerprint density at radius 1 is 1.53 bits per heavy atom. The molecule has 1 heterocycles. The molecule has 0 bridgehead atoms. The average Bonchev–Trinajstić information content (AvgIpc) is 2.69. The van der Waals surface area contributed by atoms with Crippen molar-refractivity contribution < 1.29 is 14.6 Å². The van der Waals surface area contributed by atoms with Crippen LogP contribution in [0.25, 0.3) is 6.08 Å². The van der Waals surface area contributed by atoms with Gasteiger partial charge in [-0.15, -0.1) is 0 Å². The number of ether oxygens (including phenoxy) is 2. The summed E-state index contributed by atoms with van der Waals surface area (Å²) >= 11 is 0. The van der Waals surface area contributed by atoms with E-state index in [0.29, 0.717) is 6.61 Å². The van der Waals surface area contributed by atoms with Crippen LogP contribution < -0.4 is 0 Å². The summed E-state index contributed by atoms with van der Waals surface area (Å²) in [5.41, 5.74) is 1.81. The van der Waals surface area contributed by atoms with Gasteiger partial charge in [-0.25, -0.2) is 0 Å². The maximum atomic E-state index is 10.2. The Bertz CT molecular complexity index is 412.